The molecule has 4 nitrogen and oxygen atoms in total. The van der Waals surface area contributed by atoms with Gasteiger partial charge in [0.15, 0.2) is 0 Å². The lowest BCUT2D eigenvalue weighted by atomic mass is 9.69. The van der Waals surface area contributed by atoms with Gasteiger partial charge in [-0.15, -0.1) is 0 Å². The first-order valence-corrected chi connectivity index (χ1v) is 8.53. The van der Waals surface area contributed by atoms with Crippen molar-refractivity contribution >= 4 is 17.7 Å². The number of carbonyl (C=O) groups is 1. The zero-order valence-corrected chi connectivity index (χ0v) is 14.0. The van der Waals surface area contributed by atoms with E-state index in [0.29, 0.717) is 17.0 Å². The topological polar surface area (TPSA) is 62.2 Å². The van der Waals surface area contributed by atoms with Crippen LogP contribution in [0.2, 0.25) is 0 Å². The predicted molar refractivity (Wildman–Crippen MR) is 90.6 cm³/mol. The van der Waals surface area contributed by atoms with Gasteiger partial charge >= 0.3 is 5.97 Å². The molecule has 3 aliphatic rings. The second kappa shape index (κ2) is 4.59. The molecule has 2 bridgehead atoms. The molecule has 4 heteroatoms. The number of allylic oxidation sites excluding steroid dienone is 1. The van der Waals surface area contributed by atoms with Gasteiger partial charge < -0.3 is 10.4 Å². The molecule has 3 atom stereocenters. The summed E-state index contributed by atoms with van der Waals surface area (Å²) in [4.78, 5) is 16.0. The summed E-state index contributed by atoms with van der Waals surface area (Å²) in [6.07, 6.45) is 10.0. The van der Waals surface area contributed by atoms with Gasteiger partial charge in [-0.25, -0.2) is 4.79 Å². The first kappa shape index (κ1) is 14.7. The summed E-state index contributed by atoms with van der Waals surface area (Å²) in [5.74, 6) is -0.181. The normalized spacial score (nSPS) is 33.0. The lowest BCUT2D eigenvalue weighted by Crippen LogP contribution is -2.40. The number of carboxylic acids is 1. The molecular formula is C19H24N2O2. The molecule has 2 fully saturated rings. The summed E-state index contributed by atoms with van der Waals surface area (Å²) in [5, 5.41) is 13.2. The van der Waals surface area contributed by atoms with Crippen molar-refractivity contribution in [2.24, 2.45) is 16.7 Å². The third-order valence-electron chi connectivity index (χ3n) is 7.14. The number of aromatic nitrogens is 1. The van der Waals surface area contributed by atoms with Gasteiger partial charge in [0, 0.05) is 24.2 Å². The fourth-order valence-corrected chi connectivity index (χ4v) is 5.11. The number of anilines is 1. The summed E-state index contributed by atoms with van der Waals surface area (Å²) < 4.78 is 0. The van der Waals surface area contributed by atoms with Crippen LogP contribution in [-0.4, -0.2) is 22.1 Å². The largest absolute Gasteiger partial charge is 0.478 e. The number of carboxylic acid groups (broad SMARTS) is 1. The van der Waals surface area contributed by atoms with Crippen LogP contribution in [0.25, 0.3) is 6.08 Å². The van der Waals surface area contributed by atoms with Crippen molar-refractivity contribution in [2.45, 2.75) is 52.5 Å². The summed E-state index contributed by atoms with van der Waals surface area (Å²) in [5.41, 5.74) is 3.52. The zero-order valence-electron chi connectivity index (χ0n) is 14.0. The Kier molecular flexibility index (Phi) is 2.94. The van der Waals surface area contributed by atoms with E-state index in [1.807, 2.05) is 6.08 Å². The zero-order chi connectivity index (χ0) is 16.4. The van der Waals surface area contributed by atoms with Crippen molar-refractivity contribution in [3.63, 3.8) is 0 Å². The average Bonchev–Trinajstić information content (AvgIpc) is 3.10. The number of aromatic carboxylic acids is 1. The monoisotopic (exact) mass is 312 g/mol. The molecule has 0 amide bonds. The van der Waals surface area contributed by atoms with Crippen molar-refractivity contribution in [1.29, 1.82) is 0 Å². The van der Waals surface area contributed by atoms with Gasteiger partial charge in [-0.2, -0.15) is 0 Å². The SMILES string of the molecule is CC1(C)[C@@H]2CC[C@]1(C)[C@@H](Nc1c(C(=O)O)cnc3c1C=CC3)C2. The minimum Gasteiger partial charge on any atom is -0.478 e. The van der Waals surface area contributed by atoms with Crippen molar-refractivity contribution in [1.82, 2.24) is 4.98 Å². The van der Waals surface area contributed by atoms with Crippen LogP contribution >= 0.6 is 0 Å². The Morgan fingerprint density at radius 2 is 2.17 bits per heavy atom. The number of pyridine rings is 1. The van der Waals surface area contributed by atoms with Gasteiger partial charge in [-0.1, -0.05) is 32.9 Å². The van der Waals surface area contributed by atoms with E-state index in [0.717, 1.165) is 35.7 Å². The van der Waals surface area contributed by atoms with Gasteiger partial charge in [0.05, 0.1) is 11.4 Å². The Hall–Kier alpha value is -1.84. The van der Waals surface area contributed by atoms with Gasteiger partial charge in [0.25, 0.3) is 0 Å². The molecule has 0 saturated heterocycles. The fraction of sp³-hybridized carbons (Fsp3) is 0.579. The van der Waals surface area contributed by atoms with Crippen molar-refractivity contribution in [3.8, 4) is 0 Å². The summed E-state index contributed by atoms with van der Waals surface area (Å²) in [6, 6.07) is 0.329. The van der Waals surface area contributed by atoms with Gasteiger partial charge in [-0.3, -0.25) is 4.98 Å². The maximum absolute atomic E-state index is 11.7. The quantitative estimate of drug-likeness (QED) is 0.886. The number of nitrogens with one attached hydrogen (secondary N) is 1. The molecular weight excluding hydrogens is 288 g/mol. The minimum absolute atomic E-state index is 0.214. The molecule has 122 valence electrons. The molecule has 1 aromatic rings. The molecule has 23 heavy (non-hydrogen) atoms. The third-order valence-corrected chi connectivity index (χ3v) is 7.14. The van der Waals surface area contributed by atoms with E-state index in [9.17, 15) is 9.90 Å². The Bertz CT molecular complexity index is 722. The van der Waals surface area contributed by atoms with Crippen LogP contribution in [0, 0.1) is 16.7 Å². The highest BCUT2D eigenvalue weighted by Crippen LogP contribution is 2.66. The van der Waals surface area contributed by atoms with Crippen LogP contribution in [-0.2, 0) is 6.42 Å². The van der Waals surface area contributed by atoms with E-state index in [1.54, 1.807) is 0 Å². The maximum Gasteiger partial charge on any atom is 0.339 e. The lowest BCUT2D eigenvalue weighted by Gasteiger charge is -2.40. The predicted octanol–water partition coefficient (Wildman–Crippen LogP) is 3.98. The average molecular weight is 312 g/mol. The van der Waals surface area contributed by atoms with Crippen LogP contribution in [0.4, 0.5) is 5.69 Å². The second-order valence-electron chi connectivity index (χ2n) is 8.13. The molecule has 0 aliphatic heterocycles. The number of hydrogen-bond acceptors (Lipinski definition) is 3. The minimum atomic E-state index is -0.907. The first-order valence-electron chi connectivity index (χ1n) is 8.53. The molecule has 0 radical (unpaired) electrons. The molecule has 3 aliphatic carbocycles. The first-order chi connectivity index (χ1) is 10.8. The Balaban J connectivity index is 1.75. The highest BCUT2D eigenvalue weighted by Gasteiger charge is 2.61. The molecule has 1 aromatic heterocycles. The molecule has 1 heterocycles. The second-order valence-corrected chi connectivity index (χ2v) is 8.13. The Morgan fingerprint density at radius 3 is 2.78 bits per heavy atom. The van der Waals surface area contributed by atoms with Gasteiger partial charge in [0.1, 0.15) is 5.56 Å². The van der Waals surface area contributed by atoms with E-state index in [4.69, 9.17) is 0 Å². The van der Waals surface area contributed by atoms with Crippen molar-refractivity contribution in [2.75, 3.05) is 5.32 Å². The Morgan fingerprint density at radius 1 is 1.39 bits per heavy atom. The van der Waals surface area contributed by atoms with E-state index < -0.39 is 5.97 Å². The molecule has 2 saturated carbocycles. The number of fused-ring (bicyclic) bond motifs is 3. The number of hydrogen-bond donors (Lipinski definition) is 2. The van der Waals surface area contributed by atoms with E-state index in [-0.39, 0.29) is 5.41 Å². The van der Waals surface area contributed by atoms with Crippen LogP contribution in [0.5, 0.6) is 0 Å². The summed E-state index contributed by atoms with van der Waals surface area (Å²) in [7, 11) is 0. The highest BCUT2D eigenvalue weighted by atomic mass is 16.4. The Labute approximate surface area is 137 Å². The molecule has 0 aromatic carbocycles. The molecule has 4 rings (SSSR count). The van der Waals surface area contributed by atoms with Gasteiger partial charge in [0.2, 0.25) is 0 Å². The smallest absolute Gasteiger partial charge is 0.339 e. The standard InChI is InChI=1S/C19H24N2O2/c1-18(2)11-7-8-19(18,3)15(9-11)21-16-12-5-4-6-14(12)20-10-13(16)17(22)23/h4-5,10-11,15H,6-9H2,1-3H3,(H,20,21)(H,22,23)/t11-,15+,19-/m1/s1. The van der Waals surface area contributed by atoms with E-state index >= 15 is 0 Å². The van der Waals surface area contributed by atoms with E-state index in [2.05, 4.69) is 37.1 Å². The number of nitrogens with zero attached hydrogens (tertiary/aromatic N) is 1. The maximum atomic E-state index is 11.7. The van der Waals surface area contributed by atoms with Crippen molar-refractivity contribution < 1.29 is 9.90 Å². The molecule has 2 N–H and O–H groups in total. The lowest BCUT2D eigenvalue weighted by molar-refractivity contribution is 0.0697. The van der Waals surface area contributed by atoms with Crippen LogP contribution in [0.3, 0.4) is 0 Å². The van der Waals surface area contributed by atoms with Crippen LogP contribution < -0.4 is 5.32 Å². The van der Waals surface area contributed by atoms with Crippen LogP contribution in [0.1, 0.15) is 61.6 Å². The fourth-order valence-electron chi connectivity index (χ4n) is 5.11. The number of rotatable bonds is 3. The van der Waals surface area contributed by atoms with Crippen LogP contribution in [0.15, 0.2) is 12.3 Å². The molecule has 0 unspecified atom stereocenters. The third kappa shape index (κ3) is 1.84. The molecule has 0 spiro atoms. The van der Waals surface area contributed by atoms with Gasteiger partial charge in [-0.05, 0) is 36.0 Å². The highest BCUT2D eigenvalue weighted by molar-refractivity contribution is 5.97. The summed E-state index contributed by atoms with van der Waals surface area (Å²) >= 11 is 0. The van der Waals surface area contributed by atoms with Crippen molar-refractivity contribution in [3.05, 3.63) is 29.1 Å². The summed E-state index contributed by atoms with van der Waals surface area (Å²) in [6.45, 7) is 7.12. The van der Waals surface area contributed by atoms with E-state index in [1.165, 1.54) is 19.0 Å².